The van der Waals surface area contributed by atoms with E-state index >= 15 is 0 Å². The van der Waals surface area contributed by atoms with E-state index in [1.54, 1.807) is 31.4 Å². The molecule has 0 aromatic heterocycles. The predicted molar refractivity (Wildman–Crippen MR) is 55.2 cm³/mol. The Bertz CT molecular complexity index is 224. The molecule has 0 N–H and O–H groups in total. The van der Waals surface area contributed by atoms with Gasteiger partial charge in [0.2, 0.25) is 0 Å². The average Bonchev–Trinajstić information content (AvgIpc) is 2.16. The van der Waals surface area contributed by atoms with Crippen LogP contribution in [0, 0.1) is 0 Å². The molecule has 0 bridgehead atoms. The molecular weight excluding hydrogens is 164 g/mol. The highest BCUT2D eigenvalue weighted by Crippen LogP contribution is 2.09. The molecule has 0 unspecified atom stereocenters. The van der Waals surface area contributed by atoms with Crippen molar-refractivity contribution in [2.45, 2.75) is 6.92 Å². The van der Waals surface area contributed by atoms with Gasteiger partial charge in [0.25, 0.3) is 0 Å². The summed E-state index contributed by atoms with van der Waals surface area (Å²) >= 11 is 0. The van der Waals surface area contributed by atoms with Crippen LogP contribution < -0.4 is 0 Å². The summed E-state index contributed by atoms with van der Waals surface area (Å²) in [6.45, 7) is 9.70. The van der Waals surface area contributed by atoms with Crippen LogP contribution in [0.5, 0.6) is 0 Å². The molecule has 2 heteroatoms. The standard InChI is InChI=1S/C11H16O2/c1-5-8-9-11(13-7-3)10(6-2)12-4/h5-6,8-9H,1-2,7H2,3-4H3/b9-8-,11-10-. The number of ether oxygens (including phenoxy) is 2. The molecule has 0 radical (unpaired) electrons. The molecule has 0 heterocycles. The molecule has 0 rings (SSSR count). The van der Waals surface area contributed by atoms with Crippen molar-refractivity contribution in [3.63, 3.8) is 0 Å². The fourth-order valence-corrected chi connectivity index (χ4v) is 0.797. The van der Waals surface area contributed by atoms with Crippen molar-refractivity contribution in [3.8, 4) is 0 Å². The molecule has 2 nitrogen and oxygen atoms in total. The molecule has 0 saturated carbocycles. The van der Waals surface area contributed by atoms with Crippen molar-refractivity contribution < 1.29 is 9.47 Å². The quantitative estimate of drug-likeness (QED) is 0.462. The van der Waals surface area contributed by atoms with E-state index < -0.39 is 0 Å². The zero-order valence-electron chi connectivity index (χ0n) is 8.25. The molecular formula is C11H16O2. The van der Waals surface area contributed by atoms with Gasteiger partial charge in [0.1, 0.15) is 0 Å². The lowest BCUT2D eigenvalue weighted by Crippen LogP contribution is -1.95. The van der Waals surface area contributed by atoms with E-state index in [9.17, 15) is 0 Å². The fourth-order valence-electron chi connectivity index (χ4n) is 0.797. The van der Waals surface area contributed by atoms with Crippen LogP contribution in [-0.2, 0) is 9.47 Å². The Balaban J connectivity index is 4.71. The minimum absolute atomic E-state index is 0.595. The first kappa shape index (κ1) is 11.6. The lowest BCUT2D eigenvalue weighted by Gasteiger charge is -2.07. The molecule has 0 aliphatic carbocycles. The summed E-state index contributed by atoms with van der Waals surface area (Å²) < 4.78 is 10.4. The SMILES string of the molecule is C=C/C=C\C(OCC)=C(/C=C)OC. The number of hydrogen-bond donors (Lipinski definition) is 0. The first-order chi connectivity index (χ1) is 6.29. The Labute approximate surface area is 79.9 Å². The van der Waals surface area contributed by atoms with Crippen molar-refractivity contribution >= 4 is 0 Å². The van der Waals surface area contributed by atoms with Gasteiger partial charge in [-0.1, -0.05) is 25.3 Å². The van der Waals surface area contributed by atoms with E-state index in [2.05, 4.69) is 13.2 Å². The molecule has 0 spiro atoms. The zero-order valence-corrected chi connectivity index (χ0v) is 8.25. The molecule has 13 heavy (non-hydrogen) atoms. The Morgan fingerprint density at radius 1 is 1.31 bits per heavy atom. The van der Waals surface area contributed by atoms with Gasteiger partial charge in [0.05, 0.1) is 13.7 Å². The third kappa shape index (κ3) is 4.21. The van der Waals surface area contributed by atoms with Crippen molar-refractivity contribution in [3.05, 3.63) is 49.0 Å². The Kier molecular flexibility index (Phi) is 6.42. The van der Waals surface area contributed by atoms with Crippen LogP contribution in [0.2, 0.25) is 0 Å². The molecule has 0 saturated heterocycles. The second-order valence-corrected chi connectivity index (χ2v) is 2.16. The lowest BCUT2D eigenvalue weighted by atomic mass is 10.3. The molecule has 0 aliphatic heterocycles. The van der Waals surface area contributed by atoms with Gasteiger partial charge in [-0.15, -0.1) is 0 Å². The summed E-state index contributed by atoms with van der Waals surface area (Å²) in [5, 5.41) is 0. The fraction of sp³-hybridized carbons (Fsp3) is 0.273. The third-order valence-electron chi connectivity index (χ3n) is 1.33. The number of methoxy groups -OCH3 is 1. The summed E-state index contributed by atoms with van der Waals surface area (Å²) in [5.74, 6) is 1.29. The van der Waals surface area contributed by atoms with Crippen LogP contribution >= 0.6 is 0 Å². The molecule has 0 amide bonds. The van der Waals surface area contributed by atoms with Crippen LogP contribution in [0.3, 0.4) is 0 Å². The van der Waals surface area contributed by atoms with Gasteiger partial charge < -0.3 is 9.47 Å². The zero-order chi connectivity index (χ0) is 10.1. The molecule has 72 valence electrons. The summed E-state index contributed by atoms with van der Waals surface area (Å²) in [7, 11) is 1.58. The predicted octanol–water partition coefficient (Wildman–Crippen LogP) is 2.81. The third-order valence-corrected chi connectivity index (χ3v) is 1.33. The van der Waals surface area contributed by atoms with Crippen molar-refractivity contribution in [1.29, 1.82) is 0 Å². The largest absolute Gasteiger partial charge is 0.493 e. The number of rotatable bonds is 6. The van der Waals surface area contributed by atoms with E-state index in [1.807, 2.05) is 6.92 Å². The second-order valence-electron chi connectivity index (χ2n) is 2.16. The second kappa shape index (κ2) is 7.22. The van der Waals surface area contributed by atoms with Gasteiger partial charge >= 0.3 is 0 Å². The maximum Gasteiger partial charge on any atom is 0.161 e. The molecule has 0 aromatic rings. The van der Waals surface area contributed by atoms with Crippen LogP contribution in [0.1, 0.15) is 6.92 Å². The summed E-state index contributed by atoms with van der Waals surface area (Å²) in [4.78, 5) is 0. The van der Waals surface area contributed by atoms with E-state index in [4.69, 9.17) is 9.47 Å². The van der Waals surface area contributed by atoms with Gasteiger partial charge in [-0.2, -0.15) is 0 Å². The highest BCUT2D eigenvalue weighted by atomic mass is 16.5. The van der Waals surface area contributed by atoms with Crippen molar-refractivity contribution in [2.75, 3.05) is 13.7 Å². The summed E-state index contributed by atoms with van der Waals surface area (Å²) in [6.07, 6.45) is 6.86. The van der Waals surface area contributed by atoms with Gasteiger partial charge in [-0.05, 0) is 19.1 Å². The maximum absolute atomic E-state index is 5.34. The van der Waals surface area contributed by atoms with E-state index in [1.165, 1.54) is 0 Å². The topological polar surface area (TPSA) is 18.5 Å². The monoisotopic (exact) mass is 180 g/mol. The van der Waals surface area contributed by atoms with Crippen LogP contribution in [0.4, 0.5) is 0 Å². The highest BCUT2D eigenvalue weighted by molar-refractivity contribution is 5.25. The minimum Gasteiger partial charge on any atom is -0.493 e. The lowest BCUT2D eigenvalue weighted by molar-refractivity contribution is 0.205. The van der Waals surface area contributed by atoms with Gasteiger partial charge in [-0.25, -0.2) is 0 Å². The smallest absolute Gasteiger partial charge is 0.161 e. The maximum atomic E-state index is 5.34. The number of allylic oxidation sites excluding steroid dienone is 4. The molecule has 0 atom stereocenters. The van der Waals surface area contributed by atoms with Gasteiger partial charge in [0.15, 0.2) is 11.5 Å². The Morgan fingerprint density at radius 3 is 2.38 bits per heavy atom. The summed E-state index contributed by atoms with van der Waals surface area (Å²) in [5.41, 5.74) is 0. The molecule has 0 aliphatic rings. The van der Waals surface area contributed by atoms with Crippen LogP contribution in [0.15, 0.2) is 49.0 Å². The number of hydrogen-bond acceptors (Lipinski definition) is 2. The summed E-state index contributed by atoms with van der Waals surface area (Å²) in [6, 6.07) is 0. The average molecular weight is 180 g/mol. The normalized spacial score (nSPS) is 12.2. The Morgan fingerprint density at radius 2 is 2.00 bits per heavy atom. The van der Waals surface area contributed by atoms with Gasteiger partial charge in [0, 0.05) is 0 Å². The van der Waals surface area contributed by atoms with Crippen LogP contribution in [0.25, 0.3) is 0 Å². The first-order valence-electron chi connectivity index (χ1n) is 4.12. The molecule has 0 aromatic carbocycles. The van der Waals surface area contributed by atoms with E-state index in [0.29, 0.717) is 18.1 Å². The van der Waals surface area contributed by atoms with Crippen molar-refractivity contribution in [1.82, 2.24) is 0 Å². The van der Waals surface area contributed by atoms with E-state index in [0.717, 1.165) is 0 Å². The van der Waals surface area contributed by atoms with Crippen LogP contribution in [-0.4, -0.2) is 13.7 Å². The van der Waals surface area contributed by atoms with Crippen molar-refractivity contribution in [2.24, 2.45) is 0 Å². The highest BCUT2D eigenvalue weighted by Gasteiger charge is 1.99. The first-order valence-corrected chi connectivity index (χ1v) is 4.12. The molecule has 0 fully saturated rings. The Hall–Kier alpha value is -1.44. The minimum atomic E-state index is 0.595. The van der Waals surface area contributed by atoms with Gasteiger partial charge in [-0.3, -0.25) is 0 Å². The van der Waals surface area contributed by atoms with E-state index in [-0.39, 0.29) is 0 Å².